The molecular formula is C21H28N2O2S. The van der Waals surface area contributed by atoms with E-state index in [4.69, 9.17) is 4.74 Å². The Morgan fingerprint density at radius 1 is 1.12 bits per heavy atom. The number of carbonyl (C=O) groups is 1. The molecule has 0 spiro atoms. The van der Waals surface area contributed by atoms with E-state index >= 15 is 0 Å². The molecule has 5 heteroatoms. The first-order valence-electron chi connectivity index (χ1n) is 8.77. The van der Waals surface area contributed by atoms with Crippen LogP contribution in [0.4, 0.5) is 0 Å². The Balaban J connectivity index is 1.87. The van der Waals surface area contributed by atoms with Crippen LogP contribution in [-0.2, 0) is 4.79 Å². The zero-order valence-corrected chi connectivity index (χ0v) is 16.8. The second-order valence-electron chi connectivity index (χ2n) is 6.52. The van der Waals surface area contributed by atoms with Crippen LogP contribution in [0.3, 0.4) is 0 Å². The van der Waals surface area contributed by atoms with Crippen molar-refractivity contribution in [1.29, 1.82) is 0 Å². The van der Waals surface area contributed by atoms with E-state index in [0.29, 0.717) is 6.54 Å². The summed E-state index contributed by atoms with van der Waals surface area (Å²) in [7, 11) is 5.71. The molecule has 26 heavy (non-hydrogen) atoms. The number of nitrogens with one attached hydrogen (secondary N) is 1. The van der Waals surface area contributed by atoms with Gasteiger partial charge in [0.05, 0.1) is 13.2 Å². The van der Waals surface area contributed by atoms with Crippen LogP contribution in [0.25, 0.3) is 0 Å². The molecule has 0 saturated carbocycles. The van der Waals surface area contributed by atoms with Crippen LogP contribution in [0.15, 0.2) is 59.5 Å². The highest BCUT2D eigenvalue weighted by Crippen LogP contribution is 2.22. The van der Waals surface area contributed by atoms with Crippen LogP contribution in [0, 0.1) is 5.92 Å². The molecule has 2 rings (SSSR count). The monoisotopic (exact) mass is 372 g/mol. The minimum atomic E-state index is -0.0427. The standard InChI is InChI=1S/C21H28N2O2S/c1-16(15-26-19-8-6-5-7-9-19)21(24)22-14-20(23(2)3)17-10-12-18(25-4)13-11-17/h5-13,16,20H,14-15H2,1-4H3,(H,22,24). The Bertz CT molecular complexity index is 674. The largest absolute Gasteiger partial charge is 0.497 e. The molecule has 140 valence electrons. The van der Waals surface area contributed by atoms with E-state index in [1.54, 1.807) is 18.9 Å². The van der Waals surface area contributed by atoms with E-state index in [1.165, 1.54) is 4.90 Å². The summed E-state index contributed by atoms with van der Waals surface area (Å²) in [6.07, 6.45) is 0. The fourth-order valence-corrected chi connectivity index (χ4v) is 3.55. The van der Waals surface area contributed by atoms with Crippen molar-refractivity contribution in [2.75, 3.05) is 33.5 Å². The van der Waals surface area contributed by atoms with Crippen LogP contribution in [0.5, 0.6) is 5.75 Å². The predicted molar refractivity (Wildman–Crippen MR) is 109 cm³/mol. The van der Waals surface area contributed by atoms with E-state index in [0.717, 1.165) is 17.1 Å². The highest BCUT2D eigenvalue weighted by atomic mass is 32.2. The molecule has 0 bridgehead atoms. The number of ether oxygens (including phenoxy) is 1. The minimum absolute atomic E-state index is 0.0427. The molecule has 1 N–H and O–H groups in total. The maximum atomic E-state index is 12.5. The number of amides is 1. The Morgan fingerprint density at radius 2 is 1.77 bits per heavy atom. The average molecular weight is 373 g/mol. The predicted octanol–water partition coefficient (Wildman–Crippen LogP) is 3.84. The SMILES string of the molecule is COc1ccc(C(CNC(=O)C(C)CSc2ccccc2)N(C)C)cc1. The fourth-order valence-electron chi connectivity index (χ4n) is 2.61. The Hall–Kier alpha value is -1.98. The molecule has 4 nitrogen and oxygen atoms in total. The number of likely N-dealkylation sites (N-methyl/N-ethyl adjacent to an activating group) is 1. The van der Waals surface area contributed by atoms with Crippen LogP contribution in [0.2, 0.25) is 0 Å². The molecule has 1 amide bonds. The maximum Gasteiger partial charge on any atom is 0.223 e. The first-order valence-corrected chi connectivity index (χ1v) is 9.75. The Labute approximate surface area is 160 Å². The topological polar surface area (TPSA) is 41.6 Å². The van der Waals surface area contributed by atoms with Crippen LogP contribution in [-0.4, -0.2) is 44.3 Å². The molecular weight excluding hydrogens is 344 g/mol. The number of nitrogens with zero attached hydrogens (tertiary/aromatic N) is 1. The van der Waals surface area contributed by atoms with Crippen molar-refractivity contribution in [2.24, 2.45) is 5.92 Å². The number of thioether (sulfide) groups is 1. The summed E-state index contributed by atoms with van der Waals surface area (Å²) in [5.74, 6) is 1.65. The van der Waals surface area contributed by atoms with Crippen LogP contribution in [0.1, 0.15) is 18.5 Å². The van der Waals surface area contributed by atoms with Crippen molar-refractivity contribution in [3.05, 3.63) is 60.2 Å². The summed E-state index contributed by atoms with van der Waals surface area (Å²) in [6, 6.07) is 18.3. The smallest absolute Gasteiger partial charge is 0.223 e. The maximum absolute atomic E-state index is 12.5. The summed E-state index contributed by atoms with van der Waals surface area (Å²) in [5.41, 5.74) is 1.16. The summed E-state index contributed by atoms with van der Waals surface area (Å²) >= 11 is 1.71. The third kappa shape index (κ3) is 6.07. The lowest BCUT2D eigenvalue weighted by atomic mass is 10.1. The lowest BCUT2D eigenvalue weighted by molar-refractivity contribution is -0.124. The van der Waals surface area contributed by atoms with Gasteiger partial charge < -0.3 is 15.0 Å². The van der Waals surface area contributed by atoms with Gasteiger partial charge >= 0.3 is 0 Å². The van der Waals surface area contributed by atoms with Gasteiger partial charge in [0.2, 0.25) is 5.91 Å². The van der Waals surface area contributed by atoms with Gasteiger partial charge in [0.15, 0.2) is 0 Å². The summed E-state index contributed by atoms with van der Waals surface area (Å²) in [5, 5.41) is 3.10. The molecule has 0 heterocycles. The van der Waals surface area contributed by atoms with E-state index in [1.807, 2.05) is 63.5 Å². The van der Waals surface area contributed by atoms with E-state index in [-0.39, 0.29) is 17.9 Å². The number of benzene rings is 2. The van der Waals surface area contributed by atoms with Crippen molar-refractivity contribution in [1.82, 2.24) is 10.2 Å². The Morgan fingerprint density at radius 3 is 2.35 bits per heavy atom. The van der Waals surface area contributed by atoms with Crippen molar-refractivity contribution < 1.29 is 9.53 Å². The number of methoxy groups -OCH3 is 1. The first kappa shape index (κ1) is 20.3. The number of rotatable bonds is 9. The molecule has 0 aromatic heterocycles. The second kappa shape index (κ2) is 10.2. The van der Waals surface area contributed by atoms with Gasteiger partial charge in [0.1, 0.15) is 5.75 Å². The summed E-state index contributed by atoms with van der Waals surface area (Å²) in [4.78, 5) is 15.8. The molecule has 0 saturated heterocycles. The molecule has 2 unspecified atom stereocenters. The van der Waals surface area contributed by atoms with Crippen molar-refractivity contribution >= 4 is 17.7 Å². The number of hydrogen-bond donors (Lipinski definition) is 1. The van der Waals surface area contributed by atoms with Crippen molar-refractivity contribution in [3.63, 3.8) is 0 Å². The van der Waals surface area contributed by atoms with Gasteiger partial charge in [-0.2, -0.15) is 0 Å². The first-order chi connectivity index (χ1) is 12.5. The zero-order chi connectivity index (χ0) is 18.9. The van der Waals surface area contributed by atoms with E-state index in [2.05, 4.69) is 22.3 Å². The van der Waals surface area contributed by atoms with E-state index < -0.39 is 0 Å². The molecule has 0 aliphatic rings. The molecule has 0 aliphatic heterocycles. The molecule has 0 aliphatic carbocycles. The zero-order valence-electron chi connectivity index (χ0n) is 15.9. The molecule has 2 aromatic carbocycles. The lowest BCUT2D eigenvalue weighted by Gasteiger charge is -2.26. The molecule has 2 atom stereocenters. The summed E-state index contributed by atoms with van der Waals surface area (Å²) in [6.45, 7) is 2.56. The summed E-state index contributed by atoms with van der Waals surface area (Å²) < 4.78 is 5.22. The van der Waals surface area contributed by atoms with Gasteiger partial charge in [-0.3, -0.25) is 4.79 Å². The average Bonchev–Trinajstić information content (AvgIpc) is 2.67. The lowest BCUT2D eigenvalue weighted by Crippen LogP contribution is -2.37. The normalized spacial score (nSPS) is 13.3. The number of carbonyl (C=O) groups excluding carboxylic acids is 1. The minimum Gasteiger partial charge on any atom is -0.497 e. The third-order valence-corrected chi connectivity index (χ3v) is 5.56. The van der Waals surface area contributed by atoms with Crippen molar-refractivity contribution in [2.45, 2.75) is 17.9 Å². The molecule has 0 radical (unpaired) electrons. The Kier molecular flexibility index (Phi) is 8.01. The molecule has 0 fully saturated rings. The van der Waals surface area contributed by atoms with Gasteiger partial charge in [-0.05, 0) is 43.9 Å². The van der Waals surface area contributed by atoms with Gasteiger partial charge in [-0.1, -0.05) is 37.3 Å². The highest BCUT2D eigenvalue weighted by Gasteiger charge is 2.18. The van der Waals surface area contributed by atoms with E-state index in [9.17, 15) is 4.79 Å². The molecule has 2 aromatic rings. The van der Waals surface area contributed by atoms with Gasteiger partial charge in [0.25, 0.3) is 0 Å². The van der Waals surface area contributed by atoms with Crippen LogP contribution >= 0.6 is 11.8 Å². The van der Waals surface area contributed by atoms with Crippen molar-refractivity contribution in [3.8, 4) is 5.75 Å². The van der Waals surface area contributed by atoms with Gasteiger partial charge in [0, 0.05) is 23.1 Å². The third-order valence-electron chi connectivity index (χ3n) is 4.28. The van der Waals surface area contributed by atoms with Crippen LogP contribution < -0.4 is 10.1 Å². The second-order valence-corrected chi connectivity index (χ2v) is 7.62. The van der Waals surface area contributed by atoms with Gasteiger partial charge in [-0.25, -0.2) is 0 Å². The highest BCUT2D eigenvalue weighted by molar-refractivity contribution is 7.99. The fraction of sp³-hybridized carbons (Fsp3) is 0.381. The quantitative estimate of drug-likeness (QED) is 0.679. The van der Waals surface area contributed by atoms with Gasteiger partial charge in [-0.15, -0.1) is 11.8 Å². The number of hydrogen-bond acceptors (Lipinski definition) is 4.